The van der Waals surface area contributed by atoms with Crippen LogP contribution in [-0.4, -0.2) is 60.5 Å². The van der Waals surface area contributed by atoms with Crippen molar-refractivity contribution in [3.8, 4) is 0 Å². The zero-order valence-electron chi connectivity index (χ0n) is 12.3. The first-order valence-electron chi connectivity index (χ1n) is 7.59. The number of amides is 1. The Bertz CT molecular complexity index is 636. The summed E-state index contributed by atoms with van der Waals surface area (Å²) in [5.74, 6) is -0.288. The van der Waals surface area contributed by atoms with Crippen LogP contribution in [0.15, 0.2) is 6.33 Å². The number of fused-ring (bicyclic) bond motifs is 1. The van der Waals surface area contributed by atoms with Crippen molar-refractivity contribution in [1.29, 1.82) is 0 Å². The zero-order valence-corrected chi connectivity index (χ0v) is 13.2. The summed E-state index contributed by atoms with van der Waals surface area (Å²) in [6, 6.07) is -0.510. The van der Waals surface area contributed by atoms with E-state index in [2.05, 4.69) is 20.6 Å². The molecule has 0 unspecified atom stereocenters. The molecule has 0 aliphatic carbocycles. The van der Waals surface area contributed by atoms with E-state index in [0.717, 1.165) is 25.0 Å². The molecule has 1 fully saturated rings. The van der Waals surface area contributed by atoms with E-state index in [-0.39, 0.29) is 18.2 Å². The third kappa shape index (κ3) is 3.16. The highest BCUT2D eigenvalue weighted by Gasteiger charge is 2.29. The predicted molar refractivity (Wildman–Crippen MR) is 80.6 cm³/mol. The fourth-order valence-electron chi connectivity index (χ4n) is 2.94. The molecule has 0 bridgehead atoms. The molecule has 3 heterocycles. The van der Waals surface area contributed by atoms with Gasteiger partial charge in [-0.1, -0.05) is 0 Å². The molecule has 3 rings (SSSR count). The summed E-state index contributed by atoms with van der Waals surface area (Å²) < 4.78 is 25.7. The molecule has 1 aromatic heterocycles. The first kappa shape index (κ1) is 15.4. The number of rotatable bonds is 5. The third-order valence-corrected chi connectivity index (χ3v) is 6.00. The second-order valence-electron chi connectivity index (χ2n) is 5.62. The molecule has 122 valence electrons. The van der Waals surface area contributed by atoms with Crippen molar-refractivity contribution in [2.45, 2.75) is 25.3 Å². The highest BCUT2D eigenvalue weighted by atomic mass is 32.2. The number of nitrogens with one attached hydrogen (secondary N) is 3. The molecule has 1 amide bonds. The van der Waals surface area contributed by atoms with Gasteiger partial charge < -0.3 is 15.6 Å². The number of nitrogens with zero attached hydrogens (tertiary/aromatic N) is 2. The molecule has 1 saturated heterocycles. The monoisotopic (exact) mass is 327 g/mol. The molecule has 1 atom stereocenters. The first-order valence-corrected chi connectivity index (χ1v) is 9.20. The highest BCUT2D eigenvalue weighted by Crippen LogP contribution is 2.19. The van der Waals surface area contributed by atoms with Crippen molar-refractivity contribution < 1.29 is 13.2 Å². The lowest BCUT2D eigenvalue weighted by Crippen LogP contribution is -2.43. The van der Waals surface area contributed by atoms with Gasteiger partial charge in [-0.15, -0.1) is 0 Å². The van der Waals surface area contributed by atoms with Gasteiger partial charge in [0.25, 0.3) is 0 Å². The van der Waals surface area contributed by atoms with Gasteiger partial charge in [0.2, 0.25) is 15.9 Å². The number of carbonyl (C=O) groups excluding carboxylic acids is 1. The van der Waals surface area contributed by atoms with Crippen LogP contribution in [0.4, 0.5) is 0 Å². The molecule has 0 saturated carbocycles. The van der Waals surface area contributed by atoms with Gasteiger partial charge in [-0.25, -0.2) is 17.7 Å². The summed E-state index contributed by atoms with van der Waals surface area (Å²) in [5, 5.41) is 5.81. The van der Waals surface area contributed by atoms with E-state index in [4.69, 9.17) is 0 Å². The van der Waals surface area contributed by atoms with E-state index < -0.39 is 16.1 Å². The summed E-state index contributed by atoms with van der Waals surface area (Å²) in [6.07, 6.45) is 4.22. The van der Waals surface area contributed by atoms with Gasteiger partial charge in [0, 0.05) is 38.3 Å². The summed E-state index contributed by atoms with van der Waals surface area (Å²) in [5.41, 5.74) is 1.66. The van der Waals surface area contributed by atoms with Gasteiger partial charge >= 0.3 is 0 Å². The largest absolute Gasteiger partial charge is 0.353 e. The van der Waals surface area contributed by atoms with Crippen molar-refractivity contribution in [1.82, 2.24) is 24.9 Å². The Kier molecular flexibility index (Phi) is 4.46. The topological polar surface area (TPSA) is 107 Å². The summed E-state index contributed by atoms with van der Waals surface area (Å²) in [6.45, 7) is 2.00. The Hall–Kier alpha value is -1.45. The van der Waals surface area contributed by atoms with Crippen LogP contribution < -0.4 is 10.6 Å². The number of aromatic nitrogens is 2. The van der Waals surface area contributed by atoms with Gasteiger partial charge in [0.05, 0.1) is 17.8 Å². The van der Waals surface area contributed by atoms with Crippen LogP contribution in [0, 0.1) is 0 Å². The predicted octanol–water partition coefficient (Wildman–Crippen LogP) is -0.862. The second-order valence-corrected chi connectivity index (χ2v) is 7.71. The molecule has 8 nitrogen and oxygen atoms in total. The average Bonchev–Trinajstić information content (AvgIpc) is 3.17. The van der Waals surface area contributed by atoms with Gasteiger partial charge in [-0.2, -0.15) is 0 Å². The van der Waals surface area contributed by atoms with Crippen molar-refractivity contribution >= 4 is 15.9 Å². The Labute approximate surface area is 129 Å². The molecule has 2 aliphatic rings. The maximum Gasteiger partial charge on any atom is 0.243 e. The van der Waals surface area contributed by atoms with Crippen molar-refractivity contribution in [3.63, 3.8) is 0 Å². The van der Waals surface area contributed by atoms with Crippen LogP contribution in [0.3, 0.4) is 0 Å². The Morgan fingerprint density at radius 1 is 1.41 bits per heavy atom. The molecule has 2 aliphatic heterocycles. The number of H-pyrrole nitrogens is 1. The van der Waals surface area contributed by atoms with Crippen LogP contribution >= 0.6 is 0 Å². The summed E-state index contributed by atoms with van der Waals surface area (Å²) >= 11 is 0. The van der Waals surface area contributed by atoms with Crippen LogP contribution in [0.1, 0.15) is 30.3 Å². The molecule has 1 aromatic rings. The molecular formula is C13H21N5O3S. The average molecular weight is 327 g/mol. The minimum Gasteiger partial charge on any atom is -0.353 e. The van der Waals surface area contributed by atoms with E-state index in [1.165, 1.54) is 4.31 Å². The quantitative estimate of drug-likeness (QED) is 0.652. The van der Waals surface area contributed by atoms with Crippen LogP contribution in [0.25, 0.3) is 0 Å². The SMILES string of the molecule is O=C(NCCS(=O)(=O)N1CCCC1)[C@H]1NCCc2[nH]cnc21. The van der Waals surface area contributed by atoms with Crippen molar-refractivity contribution in [3.05, 3.63) is 17.7 Å². The Morgan fingerprint density at radius 2 is 2.18 bits per heavy atom. The molecular weight excluding hydrogens is 306 g/mol. The highest BCUT2D eigenvalue weighted by molar-refractivity contribution is 7.89. The molecule has 0 spiro atoms. The molecule has 0 aromatic carbocycles. The summed E-state index contributed by atoms with van der Waals surface area (Å²) in [4.78, 5) is 19.4. The summed E-state index contributed by atoms with van der Waals surface area (Å²) in [7, 11) is -3.26. The normalized spacial score (nSPS) is 22.5. The fourth-order valence-corrected chi connectivity index (χ4v) is 4.37. The molecule has 9 heteroatoms. The van der Waals surface area contributed by atoms with Crippen LogP contribution in [0.2, 0.25) is 0 Å². The maximum atomic E-state index is 12.2. The lowest BCUT2D eigenvalue weighted by molar-refractivity contribution is -0.123. The van der Waals surface area contributed by atoms with E-state index in [1.807, 2.05) is 0 Å². The number of aromatic amines is 1. The van der Waals surface area contributed by atoms with Crippen LogP contribution in [0.5, 0.6) is 0 Å². The Balaban J connectivity index is 1.53. The van der Waals surface area contributed by atoms with Gasteiger partial charge in [-0.05, 0) is 12.8 Å². The number of hydrogen-bond acceptors (Lipinski definition) is 5. The van der Waals surface area contributed by atoms with Gasteiger partial charge in [0.1, 0.15) is 6.04 Å². The number of carbonyl (C=O) groups is 1. The van der Waals surface area contributed by atoms with E-state index in [9.17, 15) is 13.2 Å². The van der Waals surface area contributed by atoms with E-state index in [0.29, 0.717) is 25.3 Å². The second kappa shape index (κ2) is 6.35. The molecule has 22 heavy (non-hydrogen) atoms. The lowest BCUT2D eigenvalue weighted by Gasteiger charge is -2.22. The smallest absolute Gasteiger partial charge is 0.243 e. The minimum absolute atomic E-state index is 0.0567. The van der Waals surface area contributed by atoms with Gasteiger partial charge in [0.15, 0.2) is 0 Å². The van der Waals surface area contributed by atoms with Crippen molar-refractivity contribution in [2.75, 3.05) is 31.9 Å². The first-order chi connectivity index (χ1) is 10.6. The number of hydrogen-bond donors (Lipinski definition) is 3. The number of imidazole rings is 1. The Morgan fingerprint density at radius 3 is 2.95 bits per heavy atom. The minimum atomic E-state index is -3.26. The lowest BCUT2D eigenvalue weighted by atomic mass is 10.1. The van der Waals surface area contributed by atoms with E-state index in [1.54, 1.807) is 6.33 Å². The third-order valence-electron chi connectivity index (χ3n) is 4.13. The van der Waals surface area contributed by atoms with Crippen molar-refractivity contribution in [2.24, 2.45) is 0 Å². The number of sulfonamides is 1. The standard InChI is InChI=1S/C13H21N5O3S/c19-13(12-11-10(3-4-14-12)16-9-17-11)15-5-8-22(20,21)18-6-1-2-7-18/h9,12,14H,1-8H2,(H,15,19)(H,16,17)/t12-/m0/s1. The molecule has 3 N–H and O–H groups in total. The maximum absolute atomic E-state index is 12.2. The zero-order chi connectivity index (χ0) is 15.6. The molecule has 0 radical (unpaired) electrons. The van der Waals surface area contributed by atoms with Crippen LogP contribution in [-0.2, 0) is 21.2 Å². The van der Waals surface area contributed by atoms with E-state index >= 15 is 0 Å². The fraction of sp³-hybridized carbons (Fsp3) is 0.692. The van der Waals surface area contributed by atoms with Gasteiger partial charge in [-0.3, -0.25) is 4.79 Å².